The quantitative estimate of drug-likeness (QED) is 0.742. The number of nitrogens with one attached hydrogen (secondary N) is 2. The number of imidazole rings is 1. The number of hydrogen-bond donors (Lipinski definition) is 2. The van der Waals surface area contributed by atoms with Gasteiger partial charge < -0.3 is 4.98 Å². The average Bonchev–Trinajstić information content (AvgIpc) is 3.18. The van der Waals surface area contributed by atoms with Crippen LogP contribution in [0.3, 0.4) is 0 Å². The third kappa shape index (κ3) is 2.50. The third-order valence-electron chi connectivity index (χ3n) is 4.61. The van der Waals surface area contributed by atoms with E-state index in [1.54, 1.807) is 6.33 Å². The van der Waals surface area contributed by atoms with E-state index in [1.165, 1.54) is 34.2 Å². The van der Waals surface area contributed by atoms with Crippen molar-refractivity contribution in [2.75, 3.05) is 0 Å². The van der Waals surface area contributed by atoms with Gasteiger partial charge in [-0.2, -0.15) is 5.10 Å². The molecule has 0 spiro atoms. The molecule has 2 heterocycles. The Labute approximate surface area is 135 Å². The summed E-state index contributed by atoms with van der Waals surface area (Å²) in [7, 11) is 0. The molecule has 0 aliphatic heterocycles. The Kier molecular flexibility index (Phi) is 3.37. The number of fused-ring (bicyclic) bond motifs is 1. The summed E-state index contributed by atoms with van der Waals surface area (Å²) >= 11 is 0. The summed E-state index contributed by atoms with van der Waals surface area (Å²) in [6.45, 7) is 4.13. The zero-order chi connectivity index (χ0) is 15.8. The van der Waals surface area contributed by atoms with E-state index in [1.807, 2.05) is 6.20 Å². The summed E-state index contributed by atoms with van der Waals surface area (Å²) in [5, 5.41) is 7.42. The maximum Gasteiger partial charge on any atom is 0.0924 e. The van der Waals surface area contributed by atoms with Crippen molar-refractivity contribution in [2.45, 2.75) is 33.1 Å². The van der Waals surface area contributed by atoms with Gasteiger partial charge >= 0.3 is 0 Å². The van der Waals surface area contributed by atoms with Gasteiger partial charge in [0.1, 0.15) is 0 Å². The first-order valence-electron chi connectivity index (χ1n) is 8.06. The number of rotatable bonds is 2. The molecule has 0 radical (unpaired) electrons. The number of nitrogens with zero attached hydrogens (tertiary/aromatic N) is 2. The summed E-state index contributed by atoms with van der Waals surface area (Å²) in [5.74, 6) is 0. The number of aromatic amines is 2. The standard InChI is InChI=1S/C19H20N4/c1-12-19(13(2)23-22-12)16-7-6-14-4-3-5-15(18(14)9-16)8-17-10-20-11-21-17/h6-11H,3-5H2,1-2H3,(H,20,21)(H,22,23). The molecule has 23 heavy (non-hydrogen) atoms. The molecule has 2 aromatic heterocycles. The van der Waals surface area contributed by atoms with E-state index >= 15 is 0 Å². The van der Waals surface area contributed by atoms with Crippen LogP contribution in [0.15, 0.2) is 30.7 Å². The Bertz CT molecular complexity index is 849. The molecule has 4 heteroatoms. The number of benzene rings is 1. The maximum absolute atomic E-state index is 4.33. The molecule has 1 aromatic carbocycles. The van der Waals surface area contributed by atoms with Gasteiger partial charge in [-0.05, 0) is 67.5 Å². The molecule has 1 aliphatic rings. The van der Waals surface area contributed by atoms with Gasteiger partial charge in [0.05, 0.1) is 23.9 Å². The van der Waals surface area contributed by atoms with Crippen molar-refractivity contribution in [3.8, 4) is 11.1 Å². The molecule has 3 aromatic rings. The number of aryl methyl sites for hydroxylation is 3. The van der Waals surface area contributed by atoms with Crippen molar-refractivity contribution in [3.63, 3.8) is 0 Å². The monoisotopic (exact) mass is 304 g/mol. The van der Waals surface area contributed by atoms with Crippen LogP contribution in [-0.2, 0) is 6.42 Å². The predicted molar refractivity (Wildman–Crippen MR) is 92.9 cm³/mol. The Morgan fingerprint density at radius 2 is 2.09 bits per heavy atom. The number of H-pyrrole nitrogens is 2. The molecule has 0 saturated carbocycles. The number of aromatic nitrogens is 4. The highest BCUT2D eigenvalue weighted by Crippen LogP contribution is 2.36. The van der Waals surface area contributed by atoms with E-state index in [-0.39, 0.29) is 0 Å². The predicted octanol–water partition coefficient (Wildman–Crippen LogP) is 4.29. The van der Waals surface area contributed by atoms with Gasteiger partial charge in [0.15, 0.2) is 0 Å². The zero-order valence-electron chi connectivity index (χ0n) is 13.5. The molecule has 2 N–H and O–H groups in total. The van der Waals surface area contributed by atoms with Gasteiger partial charge in [-0.3, -0.25) is 5.10 Å². The largest absolute Gasteiger partial charge is 0.345 e. The first-order valence-corrected chi connectivity index (χ1v) is 8.06. The Balaban J connectivity index is 1.83. The molecule has 0 saturated heterocycles. The van der Waals surface area contributed by atoms with Gasteiger partial charge in [-0.1, -0.05) is 12.1 Å². The second-order valence-electron chi connectivity index (χ2n) is 6.21. The van der Waals surface area contributed by atoms with Crippen LogP contribution in [0.4, 0.5) is 0 Å². The van der Waals surface area contributed by atoms with Gasteiger partial charge in [-0.15, -0.1) is 0 Å². The van der Waals surface area contributed by atoms with Crippen molar-refractivity contribution in [3.05, 3.63) is 58.9 Å². The van der Waals surface area contributed by atoms with Gasteiger partial charge in [0.2, 0.25) is 0 Å². The van der Waals surface area contributed by atoms with Crippen molar-refractivity contribution in [2.24, 2.45) is 0 Å². The molecule has 0 bridgehead atoms. The summed E-state index contributed by atoms with van der Waals surface area (Å²) in [4.78, 5) is 7.29. The Morgan fingerprint density at radius 1 is 1.17 bits per heavy atom. The normalized spacial score (nSPS) is 15.8. The molecule has 0 amide bonds. The second-order valence-corrected chi connectivity index (χ2v) is 6.21. The fourth-order valence-electron chi connectivity index (χ4n) is 3.51. The first kappa shape index (κ1) is 14.0. The van der Waals surface area contributed by atoms with E-state index in [2.05, 4.69) is 58.3 Å². The highest BCUT2D eigenvalue weighted by Gasteiger charge is 2.17. The lowest BCUT2D eigenvalue weighted by molar-refractivity contribution is 0.824. The van der Waals surface area contributed by atoms with Crippen LogP contribution in [0.1, 0.15) is 41.1 Å². The highest BCUT2D eigenvalue weighted by atomic mass is 15.1. The Hall–Kier alpha value is -2.62. The minimum atomic E-state index is 1.05. The first-order chi connectivity index (χ1) is 11.2. The van der Waals surface area contributed by atoms with Gasteiger partial charge in [0, 0.05) is 11.3 Å². The van der Waals surface area contributed by atoms with Crippen LogP contribution in [0.5, 0.6) is 0 Å². The van der Waals surface area contributed by atoms with Crippen LogP contribution < -0.4 is 0 Å². The van der Waals surface area contributed by atoms with Gasteiger partial charge in [0.25, 0.3) is 0 Å². The molecule has 116 valence electrons. The highest BCUT2D eigenvalue weighted by molar-refractivity contribution is 5.85. The van der Waals surface area contributed by atoms with Crippen LogP contribution in [-0.4, -0.2) is 20.2 Å². The maximum atomic E-state index is 4.33. The summed E-state index contributed by atoms with van der Waals surface area (Å²) in [5.41, 5.74) is 9.89. The summed E-state index contributed by atoms with van der Waals surface area (Å²) < 4.78 is 0. The fraction of sp³-hybridized carbons (Fsp3) is 0.263. The molecular weight excluding hydrogens is 284 g/mol. The molecular formula is C19H20N4. The average molecular weight is 304 g/mol. The van der Waals surface area contributed by atoms with Crippen molar-refractivity contribution in [1.82, 2.24) is 20.2 Å². The van der Waals surface area contributed by atoms with E-state index in [9.17, 15) is 0 Å². The molecule has 4 nitrogen and oxygen atoms in total. The van der Waals surface area contributed by atoms with Gasteiger partial charge in [-0.25, -0.2) is 4.98 Å². The van der Waals surface area contributed by atoms with Crippen LogP contribution in [0.2, 0.25) is 0 Å². The minimum absolute atomic E-state index is 1.05. The zero-order valence-corrected chi connectivity index (χ0v) is 13.5. The summed E-state index contributed by atoms with van der Waals surface area (Å²) in [6, 6.07) is 6.82. The molecule has 0 unspecified atom stereocenters. The topological polar surface area (TPSA) is 57.4 Å². The molecule has 4 rings (SSSR count). The van der Waals surface area contributed by atoms with E-state index < -0.39 is 0 Å². The van der Waals surface area contributed by atoms with Crippen LogP contribution in [0, 0.1) is 13.8 Å². The third-order valence-corrected chi connectivity index (χ3v) is 4.61. The van der Waals surface area contributed by atoms with Crippen molar-refractivity contribution < 1.29 is 0 Å². The lowest BCUT2D eigenvalue weighted by Crippen LogP contribution is -2.02. The van der Waals surface area contributed by atoms with Crippen molar-refractivity contribution >= 4 is 11.6 Å². The van der Waals surface area contributed by atoms with E-state index in [0.29, 0.717) is 0 Å². The smallest absolute Gasteiger partial charge is 0.0924 e. The summed E-state index contributed by atoms with van der Waals surface area (Å²) in [6.07, 6.45) is 9.29. The lowest BCUT2D eigenvalue weighted by atomic mass is 9.85. The second kappa shape index (κ2) is 5.54. The van der Waals surface area contributed by atoms with Crippen LogP contribution in [0.25, 0.3) is 22.8 Å². The number of allylic oxidation sites excluding steroid dienone is 1. The van der Waals surface area contributed by atoms with Crippen LogP contribution >= 0.6 is 0 Å². The van der Waals surface area contributed by atoms with E-state index in [0.717, 1.165) is 29.9 Å². The number of hydrogen-bond acceptors (Lipinski definition) is 2. The van der Waals surface area contributed by atoms with Crippen molar-refractivity contribution in [1.29, 1.82) is 0 Å². The fourth-order valence-corrected chi connectivity index (χ4v) is 3.51. The lowest BCUT2D eigenvalue weighted by Gasteiger charge is -2.20. The molecule has 0 fully saturated rings. The van der Waals surface area contributed by atoms with E-state index in [4.69, 9.17) is 0 Å². The molecule has 1 aliphatic carbocycles. The minimum Gasteiger partial charge on any atom is -0.345 e. The SMILES string of the molecule is Cc1n[nH]c(C)c1-c1ccc2c(c1)C(=Cc1cnc[nH]1)CCC2. The Morgan fingerprint density at radius 3 is 2.83 bits per heavy atom. The molecule has 0 atom stereocenters.